The third-order valence-corrected chi connectivity index (χ3v) is 3.45. The van der Waals surface area contributed by atoms with E-state index < -0.39 is 16.9 Å². The minimum atomic E-state index is -0.938. The summed E-state index contributed by atoms with van der Waals surface area (Å²) in [5.74, 6) is 0.0474. The molecule has 0 saturated carbocycles. The quantitative estimate of drug-likeness (QED) is 0.634. The molecule has 0 radical (unpaired) electrons. The number of nitrogens with one attached hydrogen (secondary N) is 1. The summed E-state index contributed by atoms with van der Waals surface area (Å²) in [4.78, 5) is 22.6. The number of carbonyl (C=O) groups excluding carboxylic acids is 1. The van der Waals surface area contributed by atoms with Crippen LogP contribution < -0.4 is 14.8 Å². The van der Waals surface area contributed by atoms with E-state index in [2.05, 4.69) is 5.32 Å². The van der Waals surface area contributed by atoms with E-state index in [-0.39, 0.29) is 11.4 Å². The van der Waals surface area contributed by atoms with Gasteiger partial charge < -0.3 is 14.8 Å². The molecule has 1 atom stereocenters. The van der Waals surface area contributed by atoms with Crippen molar-refractivity contribution in [1.82, 2.24) is 0 Å². The smallest absolute Gasteiger partial charge is 0.310 e. The minimum absolute atomic E-state index is 0.0258. The van der Waals surface area contributed by atoms with E-state index in [4.69, 9.17) is 21.1 Å². The number of benzene rings is 2. The molecule has 2 aromatic rings. The topological polar surface area (TPSA) is 90.7 Å². The zero-order valence-corrected chi connectivity index (χ0v) is 13.7. The summed E-state index contributed by atoms with van der Waals surface area (Å²) in [6, 6.07) is 10.6. The van der Waals surface area contributed by atoms with Crippen molar-refractivity contribution >= 4 is 28.9 Å². The summed E-state index contributed by atoms with van der Waals surface area (Å²) >= 11 is 6.00. The van der Waals surface area contributed by atoms with Crippen molar-refractivity contribution in [2.45, 2.75) is 13.0 Å². The van der Waals surface area contributed by atoms with Crippen LogP contribution in [-0.2, 0) is 4.79 Å². The van der Waals surface area contributed by atoms with Crippen LogP contribution >= 0.6 is 11.6 Å². The van der Waals surface area contributed by atoms with Gasteiger partial charge in [-0.1, -0.05) is 23.7 Å². The molecule has 1 unspecified atom stereocenters. The van der Waals surface area contributed by atoms with Gasteiger partial charge in [0, 0.05) is 11.8 Å². The van der Waals surface area contributed by atoms with Gasteiger partial charge in [0.2, 0.25) is 0 Å². The Kier molecular flexibility index (Phi) is 5.59. The Morgan fingerprint density at radius 1 is 1.25 bits per heavy atom. The molecule has 2 rings (SSSR count). The summed E-state index contributed by atoms with van der Waals surface area (Å²) in [5.41, 5.74) is 0.258. The normalized spacial score (nSPS) is 11.5. The zero-order chi connectivity index (χ0) is 17.7. The summed E-state index contributed by atoms with van der Waals surface area (Å²) in [7, 11) is 1.49. The average molecular weight is 351 g/mol. The summed E-state index contributed by atoms with van der Waals surface area (Å²) < 4.78 is 10.4. The number of hydrogen-bond donors (Lipinski definition) is 1. The molecule has 1 amide bonds. The van der Waals surface area contributed by atoms with Gasteiger partial charge in [-0.25, -0.2) is 0 Å². The van der Waals surface area contributed by atoms with Crippen molar-refractivity contribution in [3.05, 3.63) is 57.6 Å². The fourth-order valence-corrected chi connectivity index (χ4v) is 2.20. The average Bonchev–Trinajstić information content (AvgIpc) is 2.55. The zero-order valence-electron chi connectivity index (χ0n) is 13.0. The number of rotatable bonds is 6. The minimum Gasteiger partial charge on any atom is -0.495 e. The highest BCUT2D eigenvalue weighted by Gasteiger charge is 2.20. The third-order valence-electron chi connectivity index (χ3n) is 3.15. The van der Waals surface area contributed by atoms with Crippen molar-refractivity contribution in [3.8, 4) is 11.5 Å². The number of nitro groups is 1. The molecule has 2 aromatic carbocycles. The monoisotopic (exact) mass is 350 g/mol. The van der Waals surface area contributed by atoms with Crippen LogP contribution in [0.25, 0.3) is 0 Å². The predicted octanol–water partition coefficient (Wildman–Crippen LogP) is 3.66. The number of methoxy groups -OCH3 is 1. The third kappa shape index (κ3) is 4.14. The van der Waals surface area contributed by atoms with Crippen LogP contribution in [0.1, 0.15) is 6.92 Å². The van der Waals surface area contributed by atoms with Crippen LogP contribution in [-0.4, -0.2) is 24.0 Å². The lowest BCUT2D eigenvalue weighted by molar-refractivity contribution is -0.386. The summed E-state index contributed by atoms with van der Waals surface area (Å²) in [6.45, 7) is 1.50. The first-order chi connectivity index (χ1) is 11.4. The van der Waals surface area contributed by atoms with E-state index in [1.165, 1.54) is 38.3 Å². The number of nitrogens with zero attached hydrogens (tertiary/aromatic N) is 1. The van der Waals surface area contributed by atoms with E-state index in [0.717, 1.165) is 0 Å². The number of carbonyl (C=O) groups is 1. The van der Waals surface area contributed by atoms with E-state index in [1.807, 2.05) is 0 Å². The standard InChI is InChI=1S/C16H15ClN2O5/c1-10(24-15-6-4-3-5-13(15)19(21)22)16(20)18-11-7-8-14(23-2)12(17)9-11/h3-10H,1-2H3,(H,18,20). The maximum atomic E-state index is 12.2. The first kappa shape index (κ1) is 17.6. The molecule has 0 saturated heterocycles. The van der Waals surface area contributed by atoms with Crippen LogP contribution in [0, 0.1) is 10.1 Å². The Bertz CT molecular complexity index is 766. The molecule has 0 heterocycles. The van der Waals surface area contributed by atoms with Crippen LogP contribution in [0.5, 0.6) is 11.5 Å². The molecule has 0 bridgehead atoms. The van der Waals surface area contributed by atoms with E-state index >= 15 is 0 Å². The van der Waals surface area contributed by atoms with Crippen molar-refractivity contribution in [2.75, 3.05) is 12.4 Å². The fraction of sp³-hybridized carbons (Fsp3) is 0.188. The van der Waals surface area contributed by atoms with Crippen molar-refractivity contribution in [2.24, 2.45) is 0 Å². The lowest BCUT2D eigenvalue weighted by atomic mass is 10.2. The number of halogens is 1. The Hall–Kier alpha value is -2.80. The molecular formula is C16H15ClN2O5. The van der Waals surface area contributed by atoms with Gasteiger partial charge in [0.15, 0.2) is 11.9 Å². The lowest BCUT2D eigenvalue weighted by Crippen LogP contribution is -2.30. The van der Waals surface area contributed by atoms with Crippen LogP contribution in [0.2, 0.25) is 5.02 Å². The number of ether oxygens (including phenoxy) is 2. The Labute approximate surface area is 143 Å². The SMILES string of the molecule is COc1ccc(NC(=O)C(C)Oc2ccccc2[N+](=O)[O-])cc1Cl. The van der Waals surface area contributed by atoms with Gasteiger partial charge in [-0.15, -0.1) is 0 Å². The Balaban J connectivity index is 2.08. The van der Waals surface area contributed by atoms with E-state index in [0.29, 0.717) is 16.5 Å². The second kappa shape index (κ2) is 7.65. The van der Waals surface area contributed by atoms with Gasteiger partial charge in [0.25, 0.3) is 5.91 Å². The fourth-order valence-electron chi connectivity index (χ4n) is 1.94. The number of nitro benzene ring substituents is 1. The van der Waals surface area contributed by atoms with Gasteiger partial charge >= 0.3 is 5.69 Å². The maximum absolute atomic E-state index is 12.2. The van der Waals surface area contributed by atoms with Gasteiger partial charge in [-0.2, -0.15) is 0 Å². The van der Waals surface area contributed by atoms with Gasteiger partial charge in [-0.05, 0) is 31.2 Å². The predicted molar refractivity (Wildman–Crippen MR) is 89.8 cm³/mol. The number of hydrogen-bond acceptors (Lipinski definition) is 5. The Morgan fingerprint density at radius 2 is 1.96 bits per heavy atom. The highest BCUT2D eigenvalue weighted by molar-refractivity contribution is 6.32. The second-order valence-electron chi connectivity index (χ2n) is 4.82. The first-order valence-electron chi connectivity index (χ1n) is 6.97. The summed E-state index contributed by atoms with van der Waals surface area (Å²) in [6.07, 6.45) is -0.938. The number of anilines is 1. The highest BCUT2D eigenvalue weighted by Crippen LogP contribution is 2.28. The summed E-state index contributed by atoms with van der Waals surface area (Å²) in [5, 5.41) is 13.9. The van der Waals surface area contributed by atoms with Gasteiger partial charge in [0.1, 0.15) is 5.75 Å². The van der Waals surface area contributed by atoms with Crippen LogP contribution in [0.3, 0.4) is 0 Å². The number of para-hydroxylation sites is 2. The largest absolute Gasteiger partial charge is 0.495 e. The van der Waals surface area contributed by atoms with Crippen molar-refractivity contribution < 1.29 is 19.2 Å². The molecule has 0 aliphatic carbocycles. The first-order valence-corrected chi connectivity index (χ1v) is 7.34. The van der Waals surface area contributed by atoms with E-state index in [9.17, 15) is 14.9 Å². The maximum Gasteiger partial charge on any atom is 0.310 e. The highest BCUT2D eigenvalue weighted by atomic mass is 35.5. The molecule has 0 aromatic heterocycles. The molecule has 1 N–H and O–H groups in total. The molecule has 24 heavy (non-hydrogen) atoms. The molecule has 0 spiro atoms. The molecule has 7 nitrogen and oxygen atoms in total. The van der Waals surface area contributed by atoms with E-state index in [1.54, 1.807) is 18.2 Å². The van der Waals surface area contributed by atoms with Crippen LogP contribution in [0.15, 0.2) is 42.5 Å². The molecule has 0 aliphatic rings. The molecule has 126 valence electrons. The lowest BCUT2D eigenvalue weighted by Gasteiger charge is -2.15. The molecule has 0 aliphatic heterocycles. The second-order valence-corrected chi connectivity index (χ2v) is 5.23. The molecule has 0 fully saturated rings. The van der Waals surface area contributed by atoms with Crippen LogP contribution in [0.4, 0.5) is 11.4 Å². The molecular weight excluding hydrogens is 336 g/mol. The van der Waals surface area contributed by atoms with Crippen molar-refractivity contribution in [3.63, 3.8) is 0 Å². The van der Waals surface area contributed by atoms with Crippen molar-refractivity contribution in [1.29, 1.82) is 0 Å². The molecule has 8 heteroatoms. The Morgan fingerprint density at radius 3 is 2.58 bits per heavy atom. The van der Waals surface area contributed by atoms with Gasteiger partial charge in [0.05, 0.1) is 17.1 Å². The van der Waals surface area contributed by atoms with Gasteiger partial charge in [-0.3, -0.25) is 14.9 Å². The number of amides is 1.